The molecule has 180 valence electrons. The number of nitrogens with one attached hydrogen (secondary N) is 1. The molecule has 4 rings (SSSR count). The van der Waals surface area contributed by atoms with Crippen molar-refractivity contribution >= 4 is 33.4 Å². The lowest BCUT2D eigenvalue weighted by atomic mass is 9.97. The fraction of sp³-hybridized carbons (Fsp3) is 0.462. The zero-order chi connectivity index (χ0) is 24.2. The fourth-order valence-corrected chi connectivity index (χ4v) is 5.58. The second-order valence-corrected chi connectivity index (χ2v) is 10.2. The molecule has 1 amide bonds. The minimum atomic E-state index is -0.499. The Morgan fingerprint density at radius 2 is 1.91 bits per heavy atom. The summed E-state index contributed by atoms with van der Waals surface area (Å²) in [4.78, 5) is 44.8. The first kappa shape index (κ1) is 24.1. The van der Waals surface area contributed by atoms with Crippen LogP contribution < -0.4 is 10.9 Å². The number of esters is 1. The van der Waals surface area contributed by atoms with E-state index in [0.717, 1.165) is 52.6 Å². The number of ether oxygens (including phenoxy) is 1. The highest BCUT2D eigenvalue weighted by Crippen LogP contribution is 2.33. The third-order valence-corrected chi connectivity index (χ3v) is 7.27. The summed E-state index contributed by atoms with van der Waals surface area (Å²) < 4.78 is 6.81. The second kappa shape index (κ2) is 10.5. The van der Waals surface area contributed by atoms with Gasteiger partial charge in [-0.2, -0.15) is 0 Å². The summed E-state index contributed by atoms with van der Waals surface area (Å²) in [6.07, 6.45) is 5.65. The summed E-state index contributed by atoms with van der Waals surface area (Å²) in [5, 5.41) is 3.67. The Labute approximate surface area is 203 Å². The van der Waals surface area contributed by atoms with Gasteiger partial charge in [-0.25, -0.2) is 4.98 Å². The van der Waals surface area contributed by atoms with Gasteiger partial charge >= 0.3 is 5.97 Å². The first-order valence-corrected chi connectivity index (χ1v) is 12.7. The highest BCUT2D eigenvalue weighted by Gasteiger charge is 2.22. The lowest BCUT2D eigenvalue weighted by Gasteiger charge is -2.20. The number of hydrogen-bond donors (Lipinski definition) is 1. The zero-order valence-corrected chi connectivity index (χ0v) is 20.7. The largest absolute Gasteiger partial charge is 0.463 e. The van der Waals surface area contributed by atoms with Crippen molar-refractivity contribution in [3.05, 3.63) is 62.5 Å². The Bertz CT molecular complexity index is 1240. The van der Waals surface area contributed by atoms with Crippen LogP contribution in [0.25, 0.3) is 10.2 Å². The number of rotatable bonds is 8. The highest BCUT2D eigenvalue weighted by molar-refractivity contribution is 7.18. The Balaban J connectivity index is 1.46. The maximum Gasteiger partial charge on any atom is 0.308 e. The average Bonchev–Trinajstić information content (AvgIpc) is 3.17. The number of aryl methyl sites for hydroxylation is 4. The summed E-state index contributed by atoms with van der Waals surface area (Å²) in [6.45, 7) is 5.81. The molecule has 1 N–H and O–H groups in total. The number of thiophene rings is 1. The van der Waals surface area contributed by atoms with Crippen LogP contribution >= 0.6 is 11.3 Å². The molecule has 3 aromatic rings. The molecule has 0 saturated heterocycles. The van der Waals surface area contributed by atoms with E-state index < -0.39 is 6.04 Å². The van der Waals surface area contributed by atoms with E-state index in [2.05, 4.69) is 10.3 Å². The molecule has 0 saturated carbocycles. The van der Waals surface area contributed by atoms with Crippen molar-refractivity contribution in [3.8, 4) is 0 Å². The minimum Gasteiger partial charge on any atom is -0.463 e. The second-order valence-electron chi connectivity index (χ2n) is 9.16. The van der Waals surface area contributed by atoms with E-state index in [1.165, 1.54) is 15.8 Å². The van der Waals surface area contributed by atoms with Crippen molar-refractivity contribution < 1.29 is 14.3 Å². The number of fused-ring (bicyclic) bond motifs is 3. The van der Waals surface area contributed by atoms with E-state index in [0.29, 0.717) is 0 Å². The van der Waals surface area contributed by atoms with Crippen molar-refractivity contribution in [1.29, 1.82) is 0 Å². The van der Waals surface area contributed by atoms with E-state index in [9.17, 15) is 14.4 Å². The molecule has 0 spiro atoms. The number of carbonyl (C=O) groups is 2. The zero-order valence-electron chi connectivity index (χ0n) is 19.9. The standard InChI is InChI=1S/C26H31N3O4S/c1-16(2)33-23(31)14-20(18-10-8-17(3)9-11-18)28-22(30)12-13-29-15-27-25-24(26(29)32)19-6-4-5-7-21(19)34-25/h8-11,15-16,20H,4-7,12-14H2,1-3H3,(H,28,30). The number of carbonyl (C=O) groups excluding carboxylic acids is 2. The Kier molecular flexibility index (Phi) is 7.46. The fourth-order valence-electron chi connectivity index (χ4n) is 4.36. The van der Waals surface area contributed by atoms with Crippen molar-refractivity contribution in [2.45, 2.75) is 78.0 Å². The van der Waals surface area contributed by atoms with Gasteiger partial charge in [0.25, 0.3) is 5.56 Å². The molecule has 1 aromatic carbocycles. The molecule has 2 aromatic heterocycles. The molecule has 8 heteroatoms. The van der Waals surface area contributed by atoms with Crippen LogP contribution in [-0.4, -0.2) is 27.5 Å². The number of benzene rings is 1. The van der Waals surface area contributed by atoms with E-state index in [1.807, 2.05) is 31.2 Å². The summed E-state index contributed by atoms with van der Waals surface area (Å²) in [5.41, 5.74) is 3.00. The quantitative estimate of drug-likeness (QED) is 0.486. The van der Waals surface area contributed by atoms with Gasteiger partial charge in [-0.3, -0.25) is 19.0 Å². The third-order valence-electron chi connectivity index (χ3n) is 6.07. The van der Waals surface area contributed by atoms with Gasteiger partial charge < -0.3 is 10.1 Å². The molecule has 0 fully saturated rings. The number of amides is 1. The van der Waals surface area contributed by atoms with Gasteiger partial charge in [0.2, 0.25) is 5.91 Å². The van der Waals surface area contributed by atoms with Crippen LogP contribution in [0.15, 0.2) is 35.4 Å². The van der Waals surface area contributed by atoms with Gasteiger partial charge in [-0.05, 0) is 57.6 Å². The predicted octanol–water partition coefficient (Wildman–Crippen LogP) is 4.23. The Morgan fingerprint density at radius 3 is 2.65 bits per heavy atom. The summed E-state index contributed by atoms with van der Waals surface area (Å²) >= 11 is 1.62. The molecule has 1 atom stereocenters. The molecule has 0 bridgehead atoms. The Morgan fingerprint density at radius 1 is 1.18 bits per heavy atom. The maximum atomic E-state index is 13.1. The molecule has 0 radical (unpaired) electrons. The minimum absolute atomic E-state index is 0.0431. The van der Waals surface area contributed by atoms with Gasteiger partial charge in [0.05, 0.1) is 30.3 Å². The van der Waals surface area contributed by atoms with Crippen LogP contribution in [0.5, 0.6) is 0 Å². The third kappa shape index (κ3) is 5.55. The lowest BCUT2D eigenvalue weighted by Crippen LogP contribution is -2.32. The number of nitrogens with zero attached hydrogens (tertiary/aromatic N) is 2. The van der Waals surface area contributed by atoms with Gasteiger partial charge in [0.15, 0.2) is 0 Å². The molecular formula is C26H31N3O4S. The van der Waals surface area contributed by atoms with Crippen LogP contribution in [0, 0.1) is 6.92 Å². The summed E-state index contributed by atoms with van der Waals surface area (Å²) in [7, 11) is 0. The highest BCUT2D eigenvalue weighted by atomic mass is 32.1. The smallest absolute Gasteiger partial charge is 0.308 e. The van der Waals surface area contributed by atoms with E-state index in [4.69, 9.17) is 4.74 Å². The number of hydrogen-bond acceptors (Lipinski definition) is 6. The molecule has 1 unspecified atom stereocenters. The van der Waals surface area contributed by atoms with Crippen LogP contribution in [0.4, 0.5) is 0 Å². The first-order valence-electron chi connectivity index (χ1n) is 11.9. The molecule has 0 aliphatic heterocycles. The van der Waals surface area contributed by atoms with Gasteiger partial charge in [-0.15, -0.1) is 11.3 Å². The lowest BCUT2D eigenvalue weighted by molar-refractivity contribution is -0.148. The number of aromatic nitrogens is 2. The molecule has 2 heterocycles. The molecule has 1 aliphatic rings. The van der Waals surface area contributed by atoms with E-state index in [-0.39, 0.29) is 42.9 Å². The Hall–Kier alpha value is -3.00. The van der Waals surface area contributed by atoms with E-state index >= 15 is 0 Å². The SMILES string of the molecule is Cc1ccc(C(CC(=O)OC(C)C)NC(=O)CCn2cnc3sc4c(c3c2=O)CCCC4)cc1. The van der Waals surface area contributed by atoms with Crippen molar-refractivity contribution in [3.63, 3.8) is 0 Å². The van der Waals surface area contributed by atoms with Crippen LogP contribution in [0.3, 0.4) is 0 Å². The molecule has 34 heavy (non-hydrogen) atoms. The van der Waals surface area contributed by atoms with Crippen LogP contribution in [0.2, 0.25) is 0 Å². The van der Waals surface area contributed by atoms with Crippen LogP contribution in [-0.2, 0) is 33.7 Å². The van der Waals surface area contributed by atoms with Gasteiger partial charge in [0.1, 0.15) is 4.83 Å². The summed E-state index contributed by atoms with van der Waals surface area (Å²) in [5.74, 6) is -0.601. The first-order chi connectivity index (χ1) is 16.3. The van der Waals surface area contributed by atoms with Crippen molar-refractivity contribution in [1.82, 2.24) is 14.9 Å². The molecule has 7 nitrogen and oxygen atoms in total. The van der Waals surface area contributed by atoms with E-state index in [1.54, 1.807) is 25.2 Å². The molecular weight excluding hydrogens is 450 g/mol. The van der Waals surface area contributed by atoms with Crippen molar-refractivity contribution in [2.24, 2.45) is 0 Å². The monoisotopic (exact) mass is 481 g/mol. The van der Waals surface area contributed by atoms with Gasteiger partial charge in [-0.1, -0.05) is 29.8 Å². The molecule has 1 aliphatic carbocycles. The van der Waals surface area contributed by atoms with Crippen molar-refractivity contribution in [2.75, 3.05) is 0 Å². The topological polar surface area (TPSA) is 90.3 Å². The normalized spacial score (nSPS) is 14.1. The average molecular weight is 482 g/mol. The predicted molar refractivity (Wildman–Crippen MR) is 133 cm³/mol. The maximum absolute atomic E-state index is 13.1. The summed E-state index contributed by atoms with van der Waals surface area (Å²) in [6, 6.07) is 7.21. The van der Waals surface area contributed by atoms with Crippen LogP contribution in [0.1, 0.15) is 67.1 Å². The van der Waals surface area contributed by atoms with Gasteiger partial charge in [0, 0.05) is 17.8 Å².